The average molecular weight is 370 g/mol. The van der Waals surface area contributed by atoms with E-state index in [0.29, 0.717) is 5.92 Å². The number of nitrogens with zero attached hydrogens (tertiary/aromatic N) is 3. The maximum absolute atomic E-state index is 6.12. The van der Waals surface area contributed by atoms with E-state index < -0.39 is 0 Å². The van der Waals surface area contributed by atoms with E-state index in [2.05, 4.69) is 58.3 Å². The molecule has 2 aromatic rings. The zero-order valence-corrected chi connectivity index (χ0v) is 16.4. The van der Waals surface area contributed by atoms with Crippen molar-refractivity contribution in [2.75, 3.05) is 26.2 Å². The third-order valence-corrected chi connectivity index (χ3v) is 4.90. The summed E-state index contributed by atoms with van der Waals surface area (Å²) in [7, 11) is 0. The fraction of sp³-hybridized carbons (Fsp3) is 0.524. The quantitative estimate of drug-likeness (QED) is 0.582. The second-order valence-electron chi connectivity index (χ2n) is 7.05. The molecule has 146 valence electrons. The van der Waals surface area contributed by atoms with E-state index in [1.54, 1.807) is 6.20 Å². The van der Waals surface area contributed by atoms with Crippen molar-refractivity contribution in [1.82, 2.24) is 20.2 Å². The van der Waals surface area contributed by atoms with Gasteiger partial charge < -0.3 is 19.9 Å². The number of benzene rings is 1. The minimum atomic E-state index is 0.136. The minimum absolute atomic E-state index is 0.136. The number of rotatable bonds is 7. The molecule has 1 aliphatic rings. The van der Waals surface area contributed by atoms with Crippen LogP contribution in [-0.4, -0.2) is 41.8 Å². The molecule has 1 saturated heterocycles. The molecule has 1 aliphatic heterocycles. The number of guanidine groups is 1. The van der Waals surface area contributed by atoms with Gasteiger partial charge in [-0.05, 0) is 32.3 Å². The van der Waals surface area contributed by atoms with Crippen LogP contribution in [0.1, 0.15) is 37.0 Å². The second kappa shape index (κ2) is 10.1. The number of nitrogens with one attached hydrogen (secondary N) is 2. The summed E-state index contributed by atoms with van der Waals surface area (Å²) >= 11 is 0. The van der Waals surface area contributed by atoms with Crippen LogP contribution in [0.4, 0.5) is 0 Å². The molecule has 0 saturated carbocycles. The third-order valence-electron chi connectivity index (χ3n) is 4.90. The van der Waals surface area contributed by atoms with E-state index in [-0.39, 0.29) is 6.10 Å². The fourth-order valence-electron chi connectivity index (χ4n) is 3.43. The lowest BCUT2D eigenvalue weighted by molar-refractivity contribution is -0.0250. The molecule has 0 bridgehead atoms. The van der Waals surface area contributed by atoms with Crippen LogP contribution in [0.5, 0.6) is 0 Å². The summed E-state index contributed by atoms with van der Waals surface area (Å²) in [6.45, 7) is 8.32. The minimum Gasteiger partial charge on any atom is -0.373 e. The zero-order chi connectivity index (χ0) is 18.9. The van der Waals surface area contributed by atoms with Crippen molar-refractivity contribution < 1.29 is 4.74 Å². The topological polar surface area (TPSA) is 63.5 Å². The molecule has 2 N–H and O–H groups in total. The first kappa shape index (κ1) is 19.4. The normalized spacial score (nSPS) is 20.4. The molecule has 2 heterocycles. The SMILES string of the molecule is CCNC(=NCC1CCCOC1c1ccc(C)cc1)NCCn1ccnc1. The molecule has 0 amide bonds. The maximum Gasteiger partial charge on any atom is 0.191 e. The summed E-state index contributed by atoms with van der Waals surface area (Å²) in [5.74, 6) is 1.27. The smallest absolute Gasteiger partial charge is 0.191 e. The van der Waals surface area contributed by atoms with Gasteiger partial charge in [0.15, 0.2) is 5.96 Å². The molecular formula is C21H31N5O. The Hall–Kier alpha value is -2.34. The van der Waals surface area contributed by atoms with Crippen LogP contribution in [0.25, 0.3) is 0 Å². The number of aromatic nitrogens is 2. The standard InChI is InChI=1S/C21H31N5O/c1-3-23-21(24-11-13-26-12-10-22-16-26)25-15-19-5-4-14-27-20(19)18-8-6-17(2)7-9-18/h6-10,12,16,19-20H,3-5,11,13-15H2,1-2H3,(H2,23,24,25). The zero-order valence-electron chi connectivity index (χ0n) is 16.4. The number of hydrogen-bond donors (Lipinski definition) is 2. The van der Waals surface area contributed by atoms with Gasteiger partial charge in [-0.15, -0.1) is 0 Å². The van der Waals surface area contributed by atoms with Gasteiger partial charge in [0.1, 0.15) is 0 Å². The first-order valence-corrected chi connectivity index (χ1v) is 9.92. The Bertz CT molecular complexity index is 696. The molecule has 0 spiro atoms. The third kappa shape index (κ3) is 5.82. The molecule has 0 aliphatic carbocycles. The van der Waals surface area contributed by atoms with Crippen molar-refractivity contribution in [3.8, 4) is 0 Å². The van der Waals surface area contributed by atoms with E-state index in [0.717, 1.165) is 51.6 Å². The van der Waals surface area contributed by atoms with Crippen molar-refractivity contribution in [2.24, 2.45) is 10.9 Å². The Kier molecular flexibility index (Phi) is 7.27. The average Bonchev–Trinajstić information content (AvgIpc) is 3.20. The van der Waals surface area contributed by atoms with Crippen LogP contribution in [0.2, 0.25) is 0 Å². The van der Waals surface area contributed by atoms with E-state index in [1.807, 2.05) is 12.5 Å². The summed E-state index contributed by atoms with van der Waals surface area (Å²) < 4.78 is 8.17. The largest absolute Gasteiger partial charge is 0.373 e. The van der Waals surface area contributed by atoms with Crippen molar-refractivity contribution in [1.29, 1.82) is 0 Å². The molecular weight excluding hydrogens is 338 g/mol. The van der Waals surface area contributed by atoms with E-state index in [9.17, 15) is 0 Å². The van der Waals surface area contributed by atoms with Crippen molar-refractivity contribution in [3.05, 3.63) is 54.1 Å². The predicted octanol–water partition coefficient (Wildman–Crippen LogP) is 2.91. The van der Waals surface area contributed by atoms with Gasteiger partial charge in [-0.1, -0.05) is 29.8 Å². The van der Waals surface area contributed by atoms with Gasteiger partial charge >= 0.3 is 0 Å². The van der Waals surface area contributed by atoms with Gasteiger partial charge in [-0.2, -0.15) is 0 Å². The van der Waals surface area contributed by atoms with E-state index in [4.69, 9.17) is 9.73 Å². The Morgan fingerprint density at radius 3 is 2.89 bits per heavy atom. The molecule has 1 aromatic carbocycles. The molecule has 1 aromatic heterocycles. The van der Waals surface area contributed by atoms with Gasteiger partial charge in [0.2, 0.25) is 0 Å². The highest BCUT2D eigenvalue weighted by molar-refractivity contribution is 5.79. The van der Waals surface area contributed by atoms with Crippen LogP contribution in [0.15, 0.2) is 48.0 Å². The lowest BCUT2D eigenvalue weighted by Gasteiger charge is -2.31. The summed E-state index contributed by atoms with van der Waals surface area (Å²) in [4.78, 5) is 8.91. The maximum atomic E-state index is 6.12. The molecule has 1 fully saturated rings. The Balaban J connectivity index is 1.59. The lowest BCUT2D eigenvalue weighted by Crippen LogP contribution is -2.39. The number of aliphatic imine (C=N–C) groups is 1. The summed E-state index contributed by atoms with van der Waals surface area (Å²) in [6.07, 6.45) is 7.99. The van der Waals surface area contributed by atoms with Gasteiger partial charge in [0.25, 0.3) is 0 Å². The Labute approximate surface area is 162 Å². The molecule has 0 radical (unpaired) electrons. The van der Waals surface area contributed by atoms with Crippen LogP contribution in [0.3, 0.4) is 0 Å². The van der Waals surface area contributed by atoms with E-state index >= 15 is 0 Å². The number of imidazole rings is 1. The molecule has 6 heteroatoms. The van der Waals surface area contributed by atoms with Crippen molar-refractivity contribution >= 4 is 5.96 Å². The lowest BCUT2D eigenvalue weighted by atomic mass is 9.89. The van der Waals surface area contributed by atoms with Crippen LogP contribution in [-0.2, 0) is 11.3 Å². The van der Waals surface area contributed by atoms with Gasteiger partial charge in [-0.3, -0.25) is 4.99 Å². The van der Waals surface area contributed by atoms with Crippen molar-refractivity contribution in [2.45, 2.75) is 39.3 Å². The second-order valence-corrected chi connectivity index (χ2v) is 7.05. The highest BCUT2D eigenvalue weighted by atomic mass is 16.5. The Morgan fingerprint density at radius 1 is 1.30 bits per heavy atom. The number of aryl methyl sites for hydroxylation is 1. The summed E-state index contributed by atoms with van der Waals surface area (Å²) in [5, 5.41) is 6.75. The highest BCUT2D eigenvalue weighted by Crippen LogP contribution is 2.33. The fourth-order valence-corrected chi connectivity index (χ4v) is 3.43. The van der Waals surface area contributed by atoms with Gasteiger partial charge in [0.05, 0.1) is 12.4 Å². The molecule has 6 nitrogen and oxygen atoms in total. The monoisotopic (exact) mass is 369 g/mol. The highest BCUT2D eigenvalue weighted by Gasteiger charge is 2.27. The summed E-state index contributed by atoms with van der Waals surface area (Å²) in [5.41, 5.74) is 2.54. The summed E-state index contributed by atoms with van der Waals surface area (Å²) in [6, 6.07) is 8.71. The molecule has 2 unspecified atom stereocenters. The van der Waals surface area contributed by atoms with Crippen LogP contribution in [0, 0.1) is 12.8 Å². The number of hydrogen-bond acceptors (Lipinski definition) is 3. The number of ether oxygens (including phenoxy) is 1. The predicted molar refractivity (Wildman–Crippen MR) is 109 cm³/mol. The van der Waals surface area contributed by atoms with E-state index in [1.165, 1.54) is 11.1 Å². The molecule has 3 rings (SSSR count). The molecule has 27 heavy (non-hydrogen) atoms. The van der Waals surface area contributed by atoms with Gasteiger partial charge in [0, 0.05) is 51.1 Å². The van der Waals surface area contributed by atoms with Crippen LogP contribution < -0.4 is 10.6 Å². The van der Waals surface area contributed by atoms with Crippen molar-refractivity contribution in [3.63, 3.8) is 0 Å². The molecule has 2 atom stereocenters. The Morgan fingerprint density at radius 2 is 2.15 bits per heavy atom. The first-order valence-electron chi connectivity index (χ1n) is 9.92. The first-order chi connectivity index (χ1) is 13.3. The van der Waals surface area contributed by atoms with Gasteiger partial charge in [-0.25, -0.2) is 4.98 Å². The van der Waals surface area contributed by atoms with Crippen LogP contribution >= 0.6 is 0 Å².